The third-order valence-corrected chi connectivity index (χ3v) is 4.34. The Morgan fingerprint density at radius 3 is 2.72 bits per heavy atom. The van der Waals surface area contributed by atoms with Gasteiger partial charge in [0.15, 0.2) is 5.78 Å². The predicted molar refractivity (Wildman–Crippen MR) is 93.8 cm³/mol. The molecule has 0 aliphatic carbocycles. The summed E-state index contributed by atoms with van der Waals surface area (Å²) in [6.45, 7) is 7.05. The van der Waals surface area contributed by atoms with E-state index in [0.717, 1.165) is 5.69 Å². The van der Waals surface area contributed by atoms with Crippen LogP contribution in [0.5, 0.6) is 0 Å². The van der Waals surface area contributed by atoms with Crippen LogP contribution in [-0.2, 0) is 0 Å². The van der Waals surface area contributed by atoms with Crippen molar-refractivity contribution >= 4 is 17.5 Å². The Bertz CT molecular complexity index is 921. The largest absolute Gasteiger partial charge is 0.355 e. The number of hydrogen-bond donors (Lipinski definition) is 2. The van der Waals surface area contributed by atoms with Crippen molar-refractivity contribution in [2.24, 2.45) is 0 Å². The lowest BCUT2D eigenvalue weighted by atomic mass is 10.1. The number of amides is 1. The molecule has 0 aromatic carbocycles. The van der Waals surface area contributed by atoms with Crippen molar-refractivity contribution in [2.45, 2.75) is 40.2 Å². The molecule has 3 aromatic rings. The second-order valence-electron chi connectivity index (χ2n) is 6.11. The number of nitrogens with one attached hydrogen (secondary N) is 2. The number of imidazole rings is 1. The standard InChI is InChI=1S/C18H21N5O2/c1-5-13(14-9-23-8-6-7-19-18(23)22-14)21-17(25)15-10(2)16(12(4)24)20-11(15)3/h6-9,13,20H,5H2,1-4H3,(H,21,25)/t13-/m0/s1. The molecule has 1 amide bonds. The molecule has 3 heterocycles. The SMILES string of the molecule is CC[C@H](NC(=O)c1c(C)[nH]c(C(C)=O)c1C)c1cn2cccnc2n1. The van der Waals surface area contributed by atoms with Crippen LogP contribution in [-0.4, -0.2) is 31.0 Å². The number of nitrogens with zero attached hydrogens (tertiary/aromatic N) is 3. The number of hydrogen-bond acceptors (Lipinski definition) is 4. The smallest absolute Gasteiger partial charge is 0.253 e. The number of H-pyrrole nitrogens is 1. The minimum absolute atomic E-state index is 0.0851. The maximum atomic E-state index is 12.8. The van der Waals surface area contributed by atoms with Crippen LogP contribution in [0.2, 0.25) is 0 Å². The summed E-state index contributed by atoms with van der Waals surface area (Å²) in [5, 5.41) is 3.02. The van der Waals surface area contributed by atoms with Gasteiger partial charge in [-0.2, -0.15) is 0 Å². The summed E-state index contributed by atoms with van der Waals surface area (Å²) in [6.07, 6.45) is 6.11. The fourth-order valence-electron chi connectivity index (χ4n) is 3.07. The summed E-state index contributed by atoms with van der Waals surface area (Å²) in [5.41, 5.74) is 3.12. The Morgan fingerprint density at radius 2 is 2.12 bits per heavy atom. The van der Waals surface area contributed by atoms with Gasteiger partial charge in [-0.15, -0.1) is 0 Å². The molecule has 0 aliphatic heterocycles. The number of fused-ring (bicyclic) bond motifs is 1. The summed E-state index contributed by atoms with van der Waals surface area (Å²) >= 11 is 0. The molecule has 0 saturated heterocycles. The summed E-state index contributed by atoms with van der Waals surface area (Å²) in [6, 6.07) is 1.59. The maximum Gasteiger partial charge on any atom is 0.253 e. The molecule has 0 saturated carbocycles. The molecular weight excluding hydrogens is 318 g/mol. The number of aromatic amines is 1. The number of carbonyl (C=O) groups excluding carboxylic acids is 2. The van der Waals surface area contributed by atoms with Crippen molar-refractivity contribution in [2.75, 3.05) is 0 Å². The van der Waals surface area contributed by atoms with E-state index < -0.39 is 0 Å². The second-order valence-corrected chi connectivity index (χ2v) is 6.11. The molecular formula is C18H21N5O2. The fourth-order valence-corrected chi connectivity index (χ4v) is 3.07. The molecule has 1 atom stereocenters. The molecule has 7 heteroatoms. The first-order valence-corrected chi connectivity index (χ1v) is 8.23. The van der Waals surface area contributed by atoms with Gasteiger partial charge in [0.05, 0.1) is 23.0 Å². The molecule has 0 fully saturated rings. The zero-order valence-corrected chi connectivity index (χ0v) is 14.8. The van der Waals surface area contributed by atoms with Crippen molar-refractivity contribution in [3.8, 4) is 0 Å². The van der Waals surface area contributed by atoms with E-state index in [1.54, 1.807) is 20.0 Å². The van der Waals surface area contributed by atoms with Crippen molar-refractivity contribution in [3.05, 3.63) is 52.9 Å². The quantitative estimate of drug-likeness (QED) is 0.699. The number of aryl methyl sites for hydroxylation is 1. The third-order valence-electron chi connectivity index (χ3n) is 4.34. The van der Waals surface area contributed by atoms with Crippen LogP contribution < -0.4 is 5.32 Å². The first-order chi connectivity index (χ1) is 11.9. The number of aromatic nitrogens is 4. The van der Waals surface area contributed by atoms with Crippen molar-refractivity contribution < 1.29 is 9.59 Å². The van der Waals surface area contributed by atoms with Gasteiger partial charge < -0.3 is 10.3 Å². The van der Waals surface area contributed by atoms with Crippen LogP contribution in [0.4, 0.5) is 0 Å². The van der Waals surface area contributed by atoms with Gasteiger partial charge in [-0.3, -0.25) is 14.0 Å². The van der Waals surface area contributed by atoms with Crippen LogP contribution >= 0.6 is 0 Å². The highest BCUT2D eigenvalue weighted by Crippen LogP contribution is 2.21. The van der Waals surface area contributed by atoms with Crippen molar-refractivity contribution in [1.29, 1.82) is 0 Å². The van der Waals surface area contributed by atoms with E-state index >= 15 is 0 Å². The van der Waals surface area contributed by atoms with Gasteiger partial charge in [0, 0.05) is 31.2 Å². The van der Waals surface area contributed by atoms with Crippen LogP contribution in [0.15, 0.2) is 24.7 Å². The molecule has 0 bridgehead atoms. The van der Waals surface area contributed by atoms with E-state index in [-0.39, 0.29) is 17.7 Å². The lowest BCUT2D eigenvalue weighted by Gasteiger charge is -2.15. The molecule has 25 heavy (non-hydrogen) atoms. The fraction of sp³-hybridized carbons (Fsp3) is 0.333. The second kappa shape index (κ2) is 6.51. The van der Waals surface area contributed by atoms with Crippen LogP contribution in [0.3, 0.4) is 0 Å². The molecule has 7 nitrogen and oxygen atoms in total. The monoisotopic (exact) mass is 339 g/mol. The summed E-state index contributed by atoms with van der Waals surface area (Å²) in [4.78, 5) is 36.2. The van der Waals surface area contributed by atoms with Gasteiger partial charge in [-0.25, -0.2) is 9.97 Å². The number of ketones is 1. The highest BCUT2D eigenvalue weighted by Gasteiger charge is 2.23. The van der Waals surface area contributed by atoms with E-state index in [9.17, 15) is 9.59 Å². The Balaban J connectivity index is 1.89. The highest BCUT2D eigenvalue weighted by molar-refractivity contribution is 6.02. The Kier molecular flexibility index (Phi) is 4.39. The molecule has 0 aliphatic rings. The Hall–Kier alpha value is -2.96. The van der Waals surface area contributed by atoms with Crippen molar-refractivity contribution in [3.63, 3.8) is 0 Å². The molecule has 0 unspecified atom stereocenters. The first kappa shape index (κ1) is 16.9. The zero-order chi connectivity index (χ0) is 18.1. The third kappa shape index (κ3) is 3.05. The van der Waals surface area contributed by atoms with E-state index in [4.69, 9.17) is 0 Å². The van der Waals surface area contributed by atoms with Gasteiger partial charge >= 0.3 is 0 Å². The summed E-state index contributed by atoms with van der Waals surface area (Å²) in [7, 11) is 0. The average Bonchev–Trinajstić information content (AvgIpc) is 3.13. The molecule has 130 valence electrons. The van der Waals surface area contributed by atoms with Crippen LogP contribution in [0.1, 0.15) is 64.1 Å². The summed E-state index contributed by atoms with van der Waals surface area (Å²) in [5.74, 6) is 0.298. The number of Topliss-reactive ketones (excluding diaryl/α,β-unsaturated/α-hetero) is 1. The average molecular weight is 339 g/mol. The lowest BCUT2D eigenvalue weighted by molar-refractivity contribution is 0.0933. The normalized spacial score (nSPS) is 12.3. The minimum Gasteiger partial charge on any atom is -0.355 e. The van der Waals surface area contributed by atoms with E-state index in [1.165, 1.54) is 6.92 Å². The van der Waals surface area contributed by atoms with Crippen LogP contribution in [0, 0.1) is 13.8 Å². The van der Waals surface area contributed by atoms with E-state index in [2.05, 4.69) is 20.3 Å². The molecule has 3 aromatic heterocycles. The zero-order valence-electron chi connectivity index (χ0n) is 14.8. The summed E-state index contributed by atoms with van der Waals surface area (Å²) < 4.78 is 1.82. The number of carbonyl (C=O) groups is 2. The van der Waals surface area contributed by atoms with E-state index in [1.807, 2.05) is 29.8 Å². The minimum atomic E-state index is -0.233. The molecule has 3 rings (SSSR count). The van der Waals surface area contributed by atoms with Gasteiger partial charge in [0.1, 0.15) is 0 Å². The van der Waals surface area contributed by atoms with Gasteiger partial charge in [-0.1, -0.05) is 6.92 Å². The lowest BCUT2D eigenvalue weighted by Crippen LogP contribution is -2.29. The van der Waals surface area contributed by atoms with Gasteiger partial charge in [0.25, 0.3) is 5.91 Å². The van der Waals surface area contributed by atoms with Gasteiger partial charge in [0.2, 0.25) is 5.78 Å². The predicted octanol–water partition coefficient (Wildman–Crippen LogP) is 2.76. The molecule has 2 N–H and O–H groups in total. The molecule has 0 radical (unpaired) electrons. The Morgan fingerprint density at radius 1 is 1.36 bits per heavy atom. The highest BCUT2D eigenvalue weighted by atomic mass is 16.2. The molecule has 0 spiro atoms. The Labute approximate surface area is 145 Å². The topological polar surface area (TPSA) is 92.2 Å². The van der Waals surface area contributed by atoms with Crippen molar-refractivity contribution in [1.82, 2.24) is 24.7 Å². The van der Waals surface area contributed by atoms with E-state index in [0.29, 0.717) is 34.7 Å². The first-order valence-electron chi connectivity index (χ1n) is 8.23. The van der Waals surface area contributed by atoms with Crippen LogP contribution in [0.25, 0.3) is 5.78 Å². The van der Waals surface area contributed by atoms with Gasteiger partial charge in [-0.05, 0) is 31.9 Å². The maximum absolute atomic E-state index is 12.8. The number of rotatable bonds is 5.